The van der Waals surface area contributed by atoms with Gasteiger partial charge >= 0.3 is 0 Å². The van der Waals surface area contributed by atoms with Crippen LogP contribution in [0.2, 0.25) is 0 Å². The Morgan fingerprint density at radius 2 is 1.86 bits per heavy atom. The molecule has 0 spiro atoms. The summed E-state index contributed by atoms with van der Waals surface area (Å²) in [5.41, 5.74) is 1.36. The van der Waals surface area contributed by atoms with Gasteiger partial charge in [0.15, 0.2) is 16.6 Å². The number of methoxy groups -OCH3 is 1. The maximum absolute atomic E-state index is 13.0. The first-order valence-corrected chi connectivity index (χ1v) is 11.7. The lowest BCUT2D eigenvalue weighted by Gasteiger charge is -2.22. The van der Waals surface area contributed by atoms with Gasteiger partial charge in [-0.1, -0.05) is 6.07 Å². The summed E-state index contributed by atoms with van der Waals surface area (Å²) in [6.07, 6.45) is 1.47. The molecule has 2 aromatic carbocycles. The summed E-state index contributed by atoms with van der Waals surface area (Å²) in [4.78, 5) is 43.3. The van der Waals surface area contributed by atoms with Gasteiger partial charge < -0.3 is 29.7 Å². The predicted molar refractivity (Wildman–Crippen MR) is 130 cm³/mol. The number of benzene rings is 2. The molecule has 0 atom stereocenters. The van der Waals surface area contributed by atoms with Crippen LogP contribution in [0.3, 0.4) is 0 Å². The van der Waals surface area contributed by atoms with Crippen LogP contribution in [0.25, 0.3) is 0 Å². The van der Waals surface area contributed by atoms with Gasteiger partial charge in [0.1, 0.15) is 12.3 Å². The van der Waals surface area contributed by atoms with Crippen molar-refractivity contribution in [3.63, 3.8) is 0 Å². The molecule has 10 nitrogen and oxygen atoms in total. The molecule has 35 heavy (non-hydrogen) atoms. The number of nitrogens with zero attached hydrogens (tertiary/aromatic N) is 2. The van der Waals surface area contributed by atoms with Crippen molar-refractivity contribution in [2.24, 2.45) is 0 Å². The highest BCUT2D eigenvalue weighted by Crippen LogP contribution is 2.32. The third-order valence-corrected chi connectivity index (χ3v) is 5.85. The minimum Gasteiger partial charge on any atom is -0.497 e. The van der Waals surface area contributed by atoms with Crippen molar-refractivity contribution in [3.8, 4) is 17.2 Å². The highest BCUT2D eigenvalue weighted by Gasteiger charge is 2.21. The van der Waals surface area contributed by atoms with Crippen LogP contribution in [0.4, 0.5) is 10.8 Å². The van der Waals surface area contributed by atoms with E-state index in [0.29, 0.717) is 28.1 Å². The first-order valence-electron chi connectivity index (χ1n) is 10.8. The van der Waals surface area contributed by atoms with Crippen molar-refractivity contribution < 1.29 is 28.6 Å². The van der Waals surface area contributed by atoms with E-state index in [0.717, 1.165) is 5.56 Å². The second-order valence-electron chi connectivity index (χ2n) is 7.53. The summed E-state index contributed by atoms with van der Waals surface area (Å²) in [6, 6.07) is 12.2. The zero-order valence-corrected chi connectivity index (χ0v) is 19.8. The molecule has 182 valence electrons. The van der Waals surface area contributed by atoms with Gasteiger partial charge in [0.25, 0.3) is 0 Å². The van der Waals surface area contributed by atoms with E-state index in [1.807, 2.05) is 6.07 Å². The predicted octanol–water partition coefficient (Wildman–Crippen LogP) is 2.95. The molecule has 3 amide bonds. The van der Waals surface area contributed by atoms with Crippen molar-refractivity contribution in [1.82, 2.24) is 10.3 Å². The molecule has 0 saturated carbocycles. The van der Waals surface area contributed by atoms with Crippen molar-refractivity contribution in [2.75, 3.05) is 30.7 Å². The molecule has 11 heteroatoms. The fraction of sp³-hybridized carbons (Fsp3) is 0.250. The quantitative estimate of drug-likeness (QED) is 0.443. The zero-order chi connectivity index (χ0) is 24.6. The Kier molecular flexibility index (Phi) is 7.78. The summed E-state index contributed by atoms with van der Waals surface area (Å²) >= 11 is 1.29. The van der Waals surface area contributed by atoms with E-state index >= 15 is 0 Å². The Morgan fingerprint density at radius 3 is 2.60 bits per heavy atom. The smallest absolute Gasteiger partial charge is 0.240 e. The standard InChI is InChI=1S/C24H24N4O6S/c1-32-18-5-3-17(4-6-18)28(23(31)9-8-21(29)27-24-25-10-11-35-24)14-22(30)26-13-16-2-7-19-20(12-16)34-15-33-19/h2-7,10-12H,8-9,13-15H2,1H3,(H,26,30)(H,25,27,29). The zero-order valence-electron chi connectivity index (χ0n) is 19.0. The number of fused-ring (bicyclic) bond motifs is 1. The van der Waals surface area contributed by atoms with Crippen molar-refractivity contribution in [3.05, 3.63) is 59.6 Å². The van der Waals surface area contributed by atoms with Gasteiger partial charge in [0, 0.05) is 36.7 Å². The van der Waals surface area contributed by atoms with Crippen LogP contribution in [0.1, 0.15) is 18.4 Å². The molecule has 0 radical (unpaired) electrons. The SMILES string of the molecule is COc1ccc(N(CC(=O)NCc2ccc3c(c2)OCO3)C(=O)CCC(=O)Nc2nccs2)cc1. The van der Waals surface area contributed by atoms with Gasteiger partial charge in [0.2, 0.25) is 24.5 Å². The largest absolute Gasteiger partial charge is 0.497 e. The van der Waals surface area contributed by atoms with Crippen LogP contribution in [-0.2, 0) is 20.9 Å². The maximum atomic E-state index is 13.0. The van der Waals surface area contributed by atoms with E-state index < -0.39 is 0 Å². The number of carbonyl (C=O) groups is 3. The number of anilines is 2. The summed E-state index contributed by atoms with van der Waals surface area (Å²) in [5.74, 6) is 0.881. The molecule has 2 heterocycles. The van der Waals surface area contributed by atoms with Gasteiger partial charge in [-0.05, 0) is 42.0 Å². The van der Waals surface area contributed by atoms with Crippen molar-refractivity contribution in [2.45, 2.75) is 19.4 Å². The molecule has 1 aromatic heterocycles. The van der Waals surface area contributed by atoms with Crippen LogP contribution < -0.4 is 29.7 Å². The van der Waals surface area contributed by atoms with Gasteiger partial charge in [-0.3, -0.25) is 14.4 Å². The molecule has 0 unspecified atom stereocenters. The third-order valence-electron chi connectivity index (χ3n) is 5.16. The molecular weight excluding hydrogens is 472 g/mol. The summed E-state index contributed by atoms with van der Waals surface area (Å²) in [7, 11) is 1.54. The number of amides is 3. The second-order valence-corrected chi connectivity index (χ2v) is 8.42. The molecule has 2 N–H and O–H groups in total. The van der Waals surface area contributed by atoms with E-state index in [4.69, 9.17) is 14.2 Å². The first kappa shape index (κ1) is 24.0. The van der Waals surface area contributed by atoms with E-state index in [-0.39, 0.29) is 50.4 Å². The second kappa shape index (κ2) is 11.3. The highest BCUT2D eigenvalue weighted by atomic mass is 32.1. The molecule has 0 saturated heterocycles. The van der Waals surface area contributed by atoms with Crippen LogP contribution in [0.5, 0.6) is 17.2 Å². The van der Waals surface area contributed by atoms with Gasteiger partial charge in [-0.15, -0.1) is 11.3 Å². The Balaban J connectivity index is 1.38. The molecule has 4 rings (SSSR count). The number of aromatic nitrogens is 1. The lowest BCUT2D eigenvalue weighted by molar-refractivity contribution is -0.125. The molecule has 3 aromatic rings. The van der Waals surface area contributed by atoms with Crippen molar-refractivity contribution in [1.29, 1.82) is 0 Å². The van der Waals surface area contributed by atoms with Gasteiger partial charge in [-0.25, -0.2) is 4.98 Å². The molecule has 0 fully saturated rings. The number of nitrogens with one attached hydrogen (secondary N) is 2. The lowest BCUT2D eigenvalue weighted by Crippen LogP contribution is -2.41. The molecule has 0 aliphatic carbocycles. The average molecular weight is 497 g/mol. The van der Waals surface area contributed by atoms with Crippen LogP contribution in [0.15, 0.2) is 54.0 Å². The van der Waals surface area contributed by atoms with E-state index in [9.17, 15) is 14.4 Å². The minimum absolute atomic E-state index is 0.0378. The molecule has 0 bridgehead atoms. The number of rotatable bonds is 10. The summed E-state index contributed by atoms with van der Waals surface area (Å²) in [5, 5.41) is 7.69. The monoisotopic (exact) mass is 496 g/mol. The topological polar surface area (TPSA) is 119 Å². The number of hydrogen-bond acceptors (Lipinski definition) is 8. The average Bonchev–Trinajstić information content (AvgIpc) is 3.56. The third kappa shape index (κ3) is 6.48. The number of carbonyl (C=O) groups excluding carboxylic acids is 3. The first-order chi connectivity index (χ1) is 17.0. The highest BCUT2D eigenvalue weighted by molar-refractivity contribution is 7.13. The fourth-order valence-electron chi connectivity index (χ4n) is 3.36. The Bertz CT molecular complexity index is 1180. The minimum atomic E-state index is -0.359. The maximum Gasteiger partial charge on any atom is 0.240 e. The Hall–Kier alpha value is -4.12. The van der Waals surface area contributed by atoms with Crippen LogP contribution in [-0.4, -0.2) is 43.2 Å². The van der Waals surface area contributed by atoms with Crippen molar-refractivity contribution >= 4 is 39.9 Å². The fourth-order valence-corrected chi connectivity index (χ4v) is 3.90. The molecule has 1 aliphatic rings. The van der Waals surface area contributed by atoms with Gasteiger partial charge in [-0.2, -0.15) is 0 Å². The Morgan fingerprint density at radius 1 is 1.06 bits per heavy atom. The normalized spacial score (nSPS) is 11.6. The summed E-state index contributed by atoms with van der Waals surface area (Å²) < 4.78 is 15.8. The number of hydrogen-bond donors (Lipinski definition) is 2. The Labute approximate surface area is 205 Å². The summed E-state index contributed by atoms with van der Waals surface area (Å²) in [6.45, 7) is 0.228. The number of ether oxygens (including phenoxy) is 3. The van der Waals surface area contributed by atoms with Crippen LogP contribution in [0, 0.1) is 0 Å². The van der Waals surface area contributed by atoms with E-state index in [1.165, 1.54) is 16.2 Å². The lowest BCUT2D eigenvalue weighted by atomic mass is 10.2. The van der Waals surface area contributed by atoms with E-state index in [1.54, 1.807) is 55.1 Å². The molecular formula is C24H24N4O6S. The van der Waals surface area contributed by atoms with E-state index in [2.05, 4.69) is 15.6 Å². The number of thiazole rings is 1. The van der Waals surface area contributed by atoms with Gasteiger partial charge in [0.05, 0.1) is 7.11 Å². The van der Waals surface area contributed by atoms with Crippen LogP contribution >= 0.6 is 11.3 Å². The molecule has 1 aliphatic heterocycles.